The van der Waals surface area contributed by atoms with Crippen molar-refractivity contribution >= 4 is 10.0 Å². The average Bonchev–Trinajstić information content (AvgIpc) is 2.71. The highest BCUT2D eigenvalue weighted by Gasteiger charge is 2.31. The molecule has 122 valence electrons. The molecule has 0 aromatic carbocycles. The Kier molecular flexibility index (Phi) is 5.95. The van der Waals surface area contributed by atoms with Gasteiger partial charge in [-0.1, -0.05) is 20.8 Å². The molecule has 3 N–H and O–H groups in total. The molecular weight excluding hydrogens is 288 g/mol. The van der Waals surface area contributed by atoms with Crippen LogP contribution in [0.25, 0.3) is 0 Å². The molecule has 1 atom stereocenters. The van der Waals surface area contributed by atoms with Crippen LogP contribution in [0, 0.1) is 12.8 Å². The van der Waals surface area contributed by atoms with Crippen molar-refractivity contribution in [3.63, 3.8) is 0 Å². The Bertz CT molecular complexity index is 566. The van der Waals surface area contributed by atoms with Crippen molar-refractivity contribution in [1.29, 1.82) is 0 Å². The van der Waals surface area contributed by atoms with Gasteiger partial charge < -0.3 is 10.3 Å². The van der Waals surface area contributed by atoms with Crippen molar-refractivity contribution in [3.05, 3.63) is 12.0 Å². The number of nitrogens with two attached hydrogens (primary N) is 1. The van der Waals surface area contributed by atoms with Crippen LogP contribution < -0.4 is 10.5 Å². The van der Waals surface area contributed by atoms with E-state index in [0.717, 1.165) is 13.0 Å². The summed E-state index contributed by atoms with van der Waals surface area (Å²) in [5, 5.41) is 0.0666. The quantitative estimate of drug-likeness (QED) is 0.763. The molecule has 7 heteroatoms. The summed E-state index contributed by atoms with van der Waals surface area (Å²) in [6.07, 6.45) is 3.20. The van der Waals surface area contributed by atoms with E-state index >= 15 is 0 Å². The van der Waals surface area contributed by atoms with Gasteiger partial charge in [0.15, 0.2) is 5.03 Å². The van der Waals surface area contributed by atoms with Crippen LogP contribution in [0.1, 0.15) is 46.4 Å². The third kappa shape index (κ3) is 4.79. The number of aromatic nitrogens is 2. The summed E-state index contributed by atoms with van der Waals surface area (Å²) >= 11 is 0. The van der Waals surface area contributed by atoms with Crippen LogP contribution in [0.15, 0.2) is 11.2 Å². The minimum atomic E-state index is -3.66. The van der Waals surface area contributed by atoms with E-state index in [0.29, 0.717) is 18.2 Å². The summed E-state index contributed by atoms with van der Waals surface area (Å²) in [6, 6.07) is 0. The third-order valence-electron chi connectivity index (χ3n) is 3.38. The lowest BCUT2D eigenvalue weighted by atomic mass is 9.92. The number of nitrogens with one attached hydrogen (secondary N) is 1. The van der Waals surface area contributed by atoms with Crippen molar-refractivity contribution in [1.82, 2.24) is 14.3 Å². The Morgan fingerprint density at radius 2 is 2.10 bits per heavy atom. The van der Waals surface area contributed by atoms with Gasteiger partial charge in [-0.05, 0) is 32.6 Å². The first-order valence-corrected chi connectivity index (χ1v) is 8.89. The van der Waals surface area contributed by atoms with E-state index in [2.05, 4.69) is 9.71 Å². The summed E-state index contributed by atoms with van der Waals surface area (Å²) in [4.78, 5) is 4.17. The van der Waals surface area contributed by atoms with E-state index in [-0.39, 0.29) is 11.6 Å². The molecule has 0 aliphatic carbocycles. The lowest BCUT2D eigenvalue weighted by molar-refractivity contribution is 0.344. The Balaban J connectivity index is 3.02. The van der Waals surface area contributed by atoms with Gasteiger partial charge in [0.25, 0.3) is 10.0 Å². The maximum absolute atomic E-state index is 12.5. The number of nitrogens with zero attached hydrogens (tertiary/aromatic N) is 2. The van der Waals surface area contributed by atoms with Crippen molar-refractivity contribution in [2.24, 2.45) is 11.7 Å². The van der Waals surface area contributed by atoms with Crippen LogP contribution in [-0.4, -0.2) is 30.1 Å². The second kappa shape index (κ2) is 6.89. The van der Waals surface area contributed by atoms with Gasteiger partial charge in [-0.15, -0.1) is 0 Å². The second-order valence-electron chi connectivity index (χ2n) is 6.29. The minimum Gasteiger partial charge on any atom is -0.334 e. The van der Waals surface area contributed by atoms with E-state index in [4.69, 9.17) is 5.73 Å². The van der Waals surface area contributed by atoms with Crippen LogP contribution in [0.2, 0.25) is 0 Å². The van der Waals surface area contributed by atoms with Crippen LogP contribution in [0.3, 0.4) is 0 Å². The minimum absolute atomic E-state index is 0.0666. The first-order valence-electron chi connectivity index (χ1n) is 7.41. The molecule has 0 radical (unpaired) electrons. The van der Waals surface area contributed by atoms with E-state index in [1.165, 1.54) is 0 Å². The van der Waals surface area contributed by atoms with Gasteiger partial charge in [0.05, 0.1) is 0 Å². The van der Waals surface area contributed by atoms with Gasteiger partial charge in [0.1, 0.15) is 5.82 Å². The number of sulfonamides is 1. The van der Waals surface area contributed by atoms with Crippen LogP contribution in [-0.2, 0) is 16.6 Å². The fourth-order valence-corrected chi connectivity index (χ4v) is 3.96. The zero-order chi connectivity index (χ0) is 16.3. The van der Waals surface area contributed by atoms with Crippen molar-refractivity contribution in [2.45, 2.75) is 64.6 Å². The molecule has 6 nitrogen and oxygen atoms in total. The lowest BCUT2D eigenvalue weighted by Gasteiger charge is -2.30. The van der Waals surface area contributed by atoms with Gasteiger partial charge in [0, 0.05) is 24.8 Å². The SMILES string of the molecule is CCCn1cc(S(=O)(=O)NC(C)(CN)CC(C)C)nc1C. The topological polar surface area (TPSA) is 90.0 Å². The number of imidazole rings is 1. The number of aryl methyl sites for hydroxylation is 2. The fourth-order valence-electron chi connectivity index (χ4n) is 2.52. The average molecular weight is 316 g/mol. The highest BCUT2D eigenvalue weighted by atomic mass is 32.2. The van der Waals surface area contributed by atoms with E-state index in [1.807, 2.05) is 39.2 Å². The normalized spacial score (nSPS) is 15.4. The molecule has 0 spiro atoms. The standard InChI is InChI=1S/C14H28N4O2S/c1-6-7-18-9-13(16-12(18)4)21(19,20)17-14(5,10-15)8-11(2)3/h9,11,17H,6-8,10,15H2,1-5H3. The monoisotopic (exact) mass is 316 g/mol. The number of rotatable bonds is 8. The predicted octanol–water partition coefficient (Wildman–Crippen LogP) is 1.64. The Hall–Kier alpha value is -0.920. The molecule has 1 heterocycles. The highest BCUT2D eigenvalue weighted by Crippen LogP contribution is 2.19. The summed E-state index contributed by atoms with van der Waals surface area (Å²) in [7, 11) is -3.66. The van der Waals surface area contributed by atoms with Crippen molar-refractivity contribution in [3.8, 4) is 0 Å². The molecular formula is C14H28N4O2S. The molecule has 0 saturated heterocycles. The zero-order valence-electron chi connectivity index (χ0n) is 13.7. The molecule has 1 rings (SSSR count). The maximum atomic E-state index is 12.5. The Morgan fingerprint density at radius 3 is 2.57 bits per heavy atom. The molecule has 0 fully saturated rings. The molecule has 1 aromatic rings. The lowest BCUT2D eigenvalue weighted by Crippen LogP contribution is -2.52. The third-order valence-corrected chi connectivity index (χ3v) is 4.89. The van der Waals surface area contributed by atoms with Crippen LogP contribution in [0.4, 0.5) is 0 Å². The first kappa shape index (κ1) is 18.1. The van der Waals surface area contributed by atoms with Crippen molar-refractivity contribution in [2.75, 3.05) is 6.54 Å². The van der Waals surface area contributed by atoms with E-state index in [9.17, 15) is 8.42 Å². The second-order valence-corrected chi connectivity index (χ2v) is 7.92. The molecule has 1 unspecified atom stereocenters. The zero-order valence-corrected chi connectivity index (χ0v) is 14.5. The largest absolute Gasteiger partial charge is 0.334 e. The van der Waals surface area contributed by atoms with E-state index in [1.54, 1.807) is 6.20 Å². The van der Waals surface area contributed by atoms with E-state index < -0.39 is 15.6 Å². The van der Waals surface area contributed by atoms with Crippen LogP contribution >= 0.6 is 0 Å². The molecule has 0 aliphatic rings. The smallest absolute Gasteiger partial charge is 0.260 e. The van der Waals surface area contributed by atoms with Gasteiger partial charge >= 0.3 is 0 Å². The van der Waals surface area contributed by atoms with Gasteiger partial charge in [-0.25, -0.2) is 18.1 Å². The van der Waals surface area contributed by atoms with Gasteiger partial charge in [0.2, 0.25) is 0 Å². The van der Waals surface area contributed by atoms with Gasteiger partial charge in [-0.3, -0.25) is 0 Å². The number of hydrogen-bond acceptors (Lipinski definition) is 4. The molecule has 0 saturated carbocycles. The molecule has 1 aromatic heterocycles. The predicted molar refractivity (Wildman–Crippen MR) is 84.5 cm³/mol. The fraction of sp³-hybridized carbons (Fsp3) is 0.786. The highest BCUT2D eigenvalue weighted by molar-refractivity contribution is 7.89. The Morgan fingerprint density at radius 1 is 1.48 bits per heavy atom. The van der Waals surface area contributed by atoms with Crippen molar-refractivity contribution < 1.29 is 8.42 Å². The number of hydrogen-bond donors (Lipinski definition) is 2. The van der Waals surface area contributed by atoms with Crippen LogP contribution in [0.5, 0.6) is 0 Å². The Labute approximate surface area is 128 Å². The molecule has 0 amide bonds. The summed E-state index contributed by atoms with van der Waals surface area (Å²) in [6.45, 7) is 10.8. The van der Waals surface area contributed by atoms with Gasteiger partial charge in [-0.2, -0.15) is 0 Å². The summed E-state index contributed by atoms with van der Waals surface area (Å²) < 4.78 is 29.6. The molecule has 21 heavy (non-hydrogen) atoms. The maximum Gasteiger partial charge on any atom is 0.260 e. The molecule has 0 aliphatic heterocycles. The summed E-state index contributed by atoms with van der Waals surface area (Å²) in [5.74, 6) is 1.05. The first-order chi connectivity index (χ1) is 9.63. The summed E-state index contributed by atoms with van der Waals surface area (Å²) in [5.41, 5.74) is 5.11. The molecule has 0 bridgehead atoms.